The summed E-state index contributed by atoms with van der Waals surface area (Å²) < 4.78 is 11.0. The number of urea groups is 1. The predicted octanol–water partition coefficient (Wildman–Crippen LogP) is 3.38. The molecule has 1 saturated heterocycles. The Hall–Kier alpha value is -2.81. The van der Waals surface area contributed by atoms with Crippen LogP contribution in [-0.2, 0) is 9.47 Å². The van der Waals surface area contributed by atoms with E-state index in [0.717, 1.165) is 10.1 Å². The molecular weight excluding hydrogens is 382 g/mol. The number of hydrogen-bond acceptors (Lipinski definition) is 6. The van der Waals surface area contributed by atoms with Crippen molar-refractivity contribution < 1.29 is 23.9 Å². The molecule has 0 bridgehead atoms. The Labute approximate surface area is 167 Å². The number of esters is 1. The van der Waals surface area contributed by atoms with Gasteiger partial charge >= 0.3 is 18.1 Å². The molecular formula is C19H23N3O5S. The number of fused-ring (bicyclic) bond motifs is 1. The monoisotopic (exact) mass is 405 g/mol. The molecule has 1 aliphatic heterocycles. The Morgan fingerprint density at radius 3 is 2.36 bits per heavy atom. The van der Waals surface area contributed by atoms with Gasteiger partial charge in [0.25, 0.3) is 0 Å². The number of rotatable bonds is 4. The van der Waals surface area contributed by atoms with E-state index in [-0.39, 0.29) is 18.1 Å². The summed E-state index contributed by atoms with van der Waals surface area (Å²) in [5.41, 5.74) is 0.651. The van der Waals surface area contributed by atoms with Crippen LogP contribution in [0.3, 0.4) is 0 Å². The Kier molecular flexibility index (Phi) is 6.35. The van der Waals surface area contributed by atoms with Crippen molar-refractivity contribution >= 4 is 45.2 Å². The van der Waals surface area contributed by atoms with Crippen molar-refractivity contribution in [3.05, 3.63) is 29.1 Å². The van der Waals surface area contributed by atoms with Gasteiger partial charge in [-0.05, 0) is 43.5 Å². The minimum atomic E-state index is -0.345. The smallest absolute Gasteiger partial charge is 0.409 e. The number of carbonyl (C=O) groups is 3. The van der Waals surface area contributed by atoms with Crippen LogP contribution in [0.4, 0.5) is 15.3 Å². The van der Waals surface area contributed by atoms with Crippen LogP contribution in [0, 0.1) is 0 Å². The normalized spacial score (nSPS) is 14.1. The van der Waals surface area contributed by atoms with Crippen LogP contribution in [0.2, 0.25) is 0 Å². The van der Waals surface area contributed by atoms with Gasteiger partial charge in [-0.25, -0.2) is 14.4 Å². The van der Waals surface area contributed by atoms with Crippen molar-refractivity contribution in [3.8, 4) is 0 Å². The summed E-state index contributed by atoms with van der Waals surface area (Å²) in [5, 5.41) is 3.75. The van der Waals surface area contributed by atoms with Crippen LogP contribution < -0.4 is 5.32 Å². The highest BCUT2D eigenvalue weighted by atomic mass is 32.1. The summed E-state index contributed by atoms with van der Waals surface area (Å²) in [6.45, 7) is 5.97. The van der Waals surface area contributed by atoms with Crippen LogP contribution in [0.25, 0.3) is 10.1 Å². The molecule has 0 aliphatic carbocycles. The molecule has 0 unspecified atom stereocenters. The minimum Gasteiger partial charge on any atom is -0.462 e. The molecule has 1 aromatic carbocycles. The Bertz CT molecular complexity index is 874. The summed E-state index contributed by atoms with van der Waals surface area (Å²) in [6.07, 6.45) is -0.345. The van der Waals surface area contributed by atoms with Crippen molar-refractivity contribution in [2.75, 3.05) is 44.7 Å². The van der Waals surface area contributed by atoms with Gasteiger partial charge in [0.2, 0.25) is 0 Å². The van der Waals surface area contributed by atoms with Crippen LogP contribution >= 0.6 is 11.3 Å². The molecule has 0 atom stereocenters. The number of nitrogens with one attached hydrogen (secondary N) is 1. The molecule has 0 spiro atoms. The van der Waals surface area contributed by atoms with Gasteiger partial charge in [-0.15, -0.1) is 11.3 Å². The average Bonchev–Trinajstić information content (AvgIpc) is 3.12. The summed E-state index contributed by atoms with van der Waals surface area (Å²) in [4.78, 5) is 39.9. The van der Waals surface area contributed by atoms with Crippen LogP contribution in [0.1, 0.15) is 23.5 Å². The van der Waals surface area contributed by atoms with Gasteiger partial charge in [-0.2, -0.15) is 0 Å². The maximum Gasteiger partial charge on any atom is 0.409 e. The molecule has 3 amide bonds. The fourth-order valence-electron chi connectivity index (χ4n) is 2.93. The third-order valence-corrected chi connectivity index (χ3v) is 5.43. The van der Waals surface area contributed by atoms with Crippen LogP contribution in [0.15, 0.2) is 24.3 Å². The van der Waals surface area contributed by atoms with E-state index in [1.165, 1.54) is 11.3 Å². The molecule has 0 saturated carbocycles. The summed E-state index contributed by atoms with van der Waals surface area (Å²) in [6, 6.07) is 7.06. The number of benzene rings is 1. The highest BCUT2D eigenvalue weighted by Crippen LogP contribution is 2.28. The van der Waals surface area contributed by atoms with E-state index in [4.69, 9.17) is 9.47 Å². The van der Waals surface area contributed by atoms with E-state index in [2.05, 4.69) is 5.32 Å². The summed E-state index contributed by atoms with van der Waals surface area (Å²) in [5.74, 6) is -0.339. The minimum absolute atomic E-state index is 0.219. The van der Waals surface area contributed by atoms with Gasteiger partial charge in [-0.3, -0.25) is 0 Å². The first kappa shape index (κ1) is 19.9. The second-order valence-corrected chi connectivity index (χ2v) is 7.27. The molecule has 150 valence electrons. The lowest BCUT2D eigenvalue weighted by molar-refractivity contribution is 0.0532. The molecule has 8 nitrogen and oxygen atoms in total. The van der Waals surface area contributed by atoms with Gasteiger partial charge in [0.15, 0.2) is 0 Å². The van der Waals surface area contributed by atoms with Gasteiger partial charge in [0.05, 0.1) is 13.2 Å². The van der Waals surface area contributed by atoms with Gasteiger partial charge in [0.1, 0.15) is 4.88 Å². The fraction of sp³-hybridized carbons (Fsp3) is 0.421. The highest BCUT2D eigenvalue weighted by molar-refractivity contribution is 7.20. The van der Waals surface area contributed by atoms with Crippen LogP contribution in [-0.4, -0.2) is 67.3 Å². The Morgan fingerprint density at radius 1 is 1.00 bits per heavy atom. The number of ether oxygens (including phenoxy) is 2. The first-order valence-corrected chi connectivity index (χ1v) is 10.0. The number of nitrogens with zero attached hydrogens (tertiary/aromatic N) is 2. The lowest BCUT2D eigenvalue weighted by Crippen LogP contribution is -2.51. The zero-order chi connectivity index (χ0) is 20.1. The highest BCUT2D eigenvalue weighted by Gasteiger charge is 2.25. The Balaban J connectivity index is 1.60. The van der Waals surface area contributed by atoms with Gasteiger partial charge in [-0.1, -0.05) is 0 Å². The fourth-order valence-corrected chi connectivity index (χ4v) is 3.87. The molecule has 28 heavy (non-hydrogen) atoms. The maximum atomic E-state index is 12.5. The zero-order valence-corrected chi connectivity index (χ0v) is 16.7. The third kappa shape index (κ3) is 4.53. The van der Waals surface area contributed by atoms with Gasteiger partial charge in [0, 0.05) is 36.6 Å². The molecule has 1 N–H and O–H groups in total. The number of anilines is 1. The van der Waals surface area contributed by atoms with E-state index in [9.17, 15) is 14.4 Å². The van der Waals surface area contributed by atoms with Crippen molar-refractivity contribution in [1.82, 2.24) is 9.80 Å². The molecule has 9 heteroatoms. The van der Waals surface area contributed by atoms with Crippen molar-refractivity contribution in [3.63, 3.8) is 0 Å². The van der Waals surface area contributed by atoms with Crippen LogP contribution in [0.5, 0.6) is 0 Å². The molecule has 1 aliphatic rings. The number of piperazine rings is 1. The van der Waals surface area contributed by atoms with E-state index in [1.807, 2.05) is 12.1 Å². The lowest BCUT2D eigenvalue weighted by atomic mass is 10.2. The second-order valence-electron chi connectivity index (χ2n) is 6.19. The standard InChI is InChI=1S/C19H23N3O5S/c1-3-26-17(23)16-12-13-11-14(5-6-15(13)28-16)20-18(24)21-7-9-22(10-8-21)19(25)27-4-2/h5-6,11-12H,3-4,7-10H2,1-2H3,(H,20,24). The average molecular weight is 405 g/mol. The van der Waals surface area contributed by atoms with E-state index >= 15 is 0 Å². The SMILES string of the molecule is CCOC(=O)c1cc2cc(NC(=O)N3CCN(C(=O)OCC)CC3)ccc2s1. The first-order valence-electron chi connectivity index (χ1n) is 9.20. The number of hydrogen-bond donors (Lipinski definition) is 1. The quantitative estimate of drug-likeness (QED) is 0.788. The molecule has 2 aromatic rings. The van der Waals surface area contributed by atoms with Crippen molar-refractivity contribution in [2.24, 2.45) is 0 Å². The number of amides is 3. The molecule has 3 rings (SSSR count). The van der Waals surface area contributed by atoms with E-state index < -0.39 is 0 Å². The topological polar surface area (TPSA) is 88.2 Å². The lowest BCUT2D eigenvalue weighted by Gasteiger charge is -2.34. The van der Waals surface area contributed by atoms with E-state index in [1.54, 1.807) is 35.8 Å². The Morgan fingerprint density at radius 2 is 1.68 bits per heavy atom. The van der Waals surface area contributed by atoms with E-state index in [0.29, 0.717) is 50.0 Å². The first-order chi connectivity index (χ1) is 13.5. The third-order valence-electron chi connectivity index (χ3n) is 4.34. The molecule has 2 heterocycles. The van der Waals surface area contributed by atoms with Crippen molar-refractivity contribution in [1.29, 1.82) is 0 Å². The van der Waals surface area contributed by atoms with Crippen molar-refractivity contribution in [2.45, 2.75) is 13.8 Å². The number of thiophene rings is 1. The summed E-state index contributed by atoms with van der Waals surface area (Å²) >= 11 is 1.36. The molecule has 1 fully saturated rings. The molecule has 1 aromatic heterocycles. The predicted molar refractivity (Wildman–Crippen MR) is 107 cm³/mol. The van der Waals surface area contributed by atoms with Gasteiger partial charge < -0.3 is 24.6 Å². The number of carbonyl (C=O) groups excluding carboxylic acids is 3. The second kappa shape index (κ2) is 8.92. The maximum absolute atomic E-state index is 12.5. The molecule has 0 radical (unpaired) electrons. The summed E-state index contributed by atoms with van der Waals surface area (Å²) in [7, 11) is 0. The largest absolute Gasteiger partial charge is 0.462 e. The zero-order valence-electron chi connectivity index (χ0n) is 15.9.